The van der Waals surface area contributed by atoms with E-state index in [2.05, 4.69) is 34.6 Å². The molecule has 146 valence electrons. The zero-order valence-corrected chi connectivity index (χ0v) is 17.4. The van der Waals surface area contributed by atoms with Crippen LogP contribution < -0.4 is 0 Å². The summed E-state index contributed by atoms with van der Waals surface area (Å²) in [5, 5.41) is 9.96. The number of unbranched alkanes of at least 4 members (excludes halogenated alkanes) is 10. The molecule has 2 nitrogen and oxygen atoms in total. The Morgan fingerprint density at radius 1 is 0.792 bits per heavy atom. The molecule has 0 aliphatic carbocycles. The van der Waals surface area contributed by atoms with E-state index in [1.807, 2.05) is 0 Å². The van der Waals surface area contributed by atoms with Crippen LogP contribution in [0, 0.1) is 11.3 Å². The van der Waals surface area contributed by atoms with Crippen molar-refractivity contribution in [2.24, 2.45) is 11.3 Å². The molecule has 0 aromatic heterocycles. The summed E-state index contributed by atoms with van der Waals surface area (Å²) in [5.41, 5.74) is 0.329. The lowest BCUT2D eigenvalue weighted by Gasteiger charge is -2.24. The normalized spacial score (nSPS) is 14.8. The molecule has 0 saturated heterocycles. The van der Waals surface area contributed by atoms with E-state index in [1.54, 1.807) is 0 Å². The van der Waals surface area contributed by atoms with Crippen molar-refractivity contribution in [3.8, 4) is 0 Å². The molecule has 0 amide bonds. The highest BCUT2D eigenvalue weighted by Gasteiger charge is 2.18. The smallest absolute Gasteiger partial charge is 0.154 e. The van der Waals surface area contributed by atoms with Crippen molar-refractivity contribution >= 4 is 0 Å². The molecule has 0 rings (SSSR count). The van der Waals surface area contributed by atoms with E-state index in [0.29, 0.717) is 17.9 Å². The van der Waals surface area contributed by atoms with E-state index in [1.165, 1.54) is 64.2 Å². The van der Waals surface area contributed by atoms with E-state index in [9.17, 15) is 5.11 Å². The lowest BCUT2D eigenvalue weighted by Crippen LogP contribution is -2.19. The zero-order valence-electron chi connectivity index (χ0n) is 17.4. The van der Waals surface area contributed by atoms with Gasteiger partial charge in [0.15, 0.2) is 6.29 Å². The third-order valence-corrected chi connectivity index (χ3v) is 4.62. The van der Waals surface area contributed by atoms with Crippen molar-refractivity contribution in [2.75, 3.05) is 6.61 Å². The lowest BCUT2D eigenvalue weighted by atomic mass is 9.84. The third kappa shape index (κ3) is 18.3. The average molecular weight is 343 g/mol. The van der Waals surface area contributed by atoms with Crippen LogP contribution in [0.4, 0.5) is 0 Å². The average Bonchev–Trinajstić information content (AvgIpc) is 2.46. The highest BCUT2D eigenvalue weighted by Crippen LogP contribution is 2.26. The maximum Gasteiger partial charge on any atom is 0.154 e. The first-order chi connectivity index (χ1) is 11.3. The Labute approximate surface area is 152 Å². The van der Waals surface area contributed by atoms with Gasteiger partial charge in [-0.05, 0) is 24.2 Å². The van der Waals surface area contributed by atoms with Crippen molar-refractivity contribution in [1.29, 1.82) is 0 Å². The largest absolute Gasteiger partial charge is 0.368 e. The summed E-state index contributed by atoms with van der Waals surface area (Å²) in [6.07, 6.45) is 16.1. The van der Waals surface area contributed by atoms with Gasteiger partial charge in [0, 0.05) is 13.0 Å². The van der Waals surface area contributed by atoms with Gasteiger partial charge in [-0.3, -0.25) is 0 Å². The number of rotatable bonds is 16. The van der Waals surface area contributed by atoms with Crippen LogP contribution in [0.5, 0.6) is 0 Å². The van der Waals surface area contributed by atoms with E-state index >= 15 is 0 Å². The van der Waals surface area contributed by atoms with Gasteiger partial charge in [-0.1, -0.05) is 98.8 Å². The first-order valence-electron chi connectivity index (χ1n) is 10.6. The molecule has 2 atom stereocenters. The fourth-order valence-corrected chi connectivity index (χ4v) is 3.53. The van der Waals surface area contributed by atoms with Gasteiger partial charge in [-0.25, -0.2) is 0 Å². The Morgan fingerprint density at radius 3 is 1.71 bits per heavy atom. The molecule has 0 heterocycles. The maximum absolute atomic E-state index is 9.96. The molecule has 0 bridgehead atoms. The molecule has 0 aliphatic heterocycles. The molecule has 0 aromatic rings. The number of aliphatic hydroxyl groups excluding tert-OH is 1. The second-order valence-electron chi connectivity index (χ2n) is 8.97. The molecule has 0 spiro atoms. The van der Waals surface area contributed by atoms with Gasteiger partial charge < -0.3 is 9.84 Å². The molecule has 1 N–H and O–H groups in total. The second kappa shape index (κ2) is 15.2. The topological polar surface area (TPSA) is 29.5 Å². The predicted octanol–water partition coefficient (Wildman–Crippen LogP) is 7.09. The van der Waals surface area contributed by atoms with Gasteiger partial charge in [0.05, 0.1) is 0 Å². The lowest BCUT2D eigenvalue weighted by molar-refractivity contribution is -0.112. The molecule has 2 unspecified atom stereocenters. The predicted molar refractivity (Wildman–Crippen MR) is 106 cm³/mol. The molecule has 24 heavy (non-hydrogen) atoms. The minimum atomic E-state index is -0.578. The van der Waals surface area contributed by atoms with Crippen LogP contribution in [-0.4, -0.2) is 18.0 Å². The Morgan fingerprint density at radius 2 is 1.25 bits per heavy atom. The Hall–Kier alpha value is -0.0800. The first kappa shape index (κ1) is 23.9. The van der Waals surface area contributed by atoms with Gasteiger partial charge >= 0.3 is 0 Å². The summed E-state index contributed by atoms with van der Waals surface area (Å²) in [6.45, 7) is 11.9. The monoisotopic (exact) mass is 342 g/mol. The van der Waals surface area contributed by atoms with Crippen LogP contribution in [-0.2, 0) is 4.74 Å². The number of hydrogen-bond donors (Lipinski definition) is 1. The van der Waals surface area contributed by atoms with Crippen LogP contribution >= 0.6 is 0 Å². The molecule has 0 radical (unpaired) electrons. The van der Waals surface area contributed by atoms with Crippen molar-refractivity contribution in [2.45, 2.75) is 124 Å². The molecular formula is C22H46O2. The fraction of sp³-hybridized carbons (Fsp3) is 1.00. The highest BCUT2D eigenvalue weighted by molar-refractivity contribution is 4.67. The summed E-state index contributed by atoms with van der Waals surface area (Å²) in [7, 11) is 0. The first-order valence-corrected chi connectivity index (χ1v) is 10.6. The van der Waals surface area contributed by atoms with Crippen molar-refractivity contribution < 1.29 is 9.84 Å². The Bertz CT molecular complexity index is 257. The summed E-state index contributed by atoms with van der Waals surface area (Å²) in [5.74, 6) is 0.511. The molecule has 0 fully saturated rings. The van der Waals surface area contributed by atoms with E-state index in [-0.39, 0.29) is 0 Å². The summed E-state index contributed by atoms with van der Waals surface area (Å²) in [4.78, 5) is 0. The van der Waals surface area contributed by atoms with Crippen LogP contribution in [0.15, 0.2) is 0 Å². The molecule has 0 aromatic carbocycles. The van der Waals surface area contributed by atoms with Crippen LogP contribution in [0.2, 0.25) is 0 Å². The van der Waals surface area contributed by atoms with Gasteiger partial charge in [-0.2, -0.15) is 0 Å². The van der Waals surface area contributed by atoms with Gasteiger partial charge in [-0.15, -0.1) is 0 Å². The molecule has 0 aliphatic rings. The van der Waals surface area contributed by atoms with Crippen LogP contribution in [0.3, 0.4) is 0 Å². The third-order valence-electron chi connectivity index (χ3n) is 4.62. The Balaban J connectivity index is 3.32. The van der Waals surface area contributed by atoms with Crippen LogP contribution in [0.1, 0.15) is 118 Å². The maximum atomic E-state index is 9.96. The highest BCUT2D eigenvalue weighted by atomic mass is 16.6. The molecule has 2 heteroatoms. The standard InChI is InChI=1S/C22H46O2/c1-6-7-8-9-10-11-12-13-14-15-16-17-24-21(23)18-20(2)19-22(3,4)5/h20-21,23H,6-19H2,1-5H3. The Kier molecular flexibility index (Phi) is 15.1. The number of hydrogen-bond acceptors (Lipinski definition) is 2. The van der Waals surface area contributed by atoms with E-state index < -0.39 is 6.29 Å². The molecule has 0 saturated carbocycles. The van der Waals surface area contributed by atoms with Crippen LogP contribution in [0.25, 0.3) is 0 Å². The summed E-state index contributed by atoms with van der Waals surface area (Å²) in [6, 6.07) is 0. The quantitative estimate of drug-likeness (QED) is 0.239. The van der Waals surface area contributed by atoms with E-state index in [0.717, 1.165) is 19.3 Å². The number of ether oxygens (including phenoxy) is 1. The summed E-state index contributed by atoms with van der Waals surface area (Å²) < 4.78 is 5.57. The summed E-state index contributed by atoms with van der Waals surface area (Å²) >= 11 is 0. The fourth-order valence-electron chi connectivity index (χ4n) is 3.53. The molecular weight excluding hydrogens is 296 g/mol. The minimum Gasteiger partial charge on any atom is -0.368 e. The minimum absolute atomic E-state index is 0.329. The SMILES string of the molecule is CCCCCCCCCCCCCOC(O)CC(C)CC(C)(C)C. The van der Waals surface area contributed by atoms with Crippen molar-refractivity contribution in [3.05, 3.63) is 0 Å². The van der Waals surface area contributed by atoms with E-state index in [4.69, 9.17) is 4.74 Å². The zero-order chi connectivity index (χ0) is 18.3. The van der Waals surface area contributed by atoms with Gasteiger partial charge in [0.1, 0.15) is 0 Å². The second-order valence-corrected chi connectivity index (χ2v) is 8.97. The van der Waals surface area contributed by atoms with Crippen molar-refractivity contribution in [1.82, 2.24) is 0 Å². The number of aliphatic hydroxyl groups is 1. The van der Waals surface area contributed by atoms with Crippen molar-refractivity contribution in [3.63, 3.8) is 0 Å². The van der Waals surface area contributed by atoms with Gasteiger partial charge in [0.25, 0.3) is 0 Å². The van der Waals surface area contributed by atoms with Gasteiger partial charge in [0.2, 0.25) is 0 Å².